The van der Waals surface area contributed by atoms with Gasteiger partial charge in [0.25, 0.3) is 0 Å². The van der Waals surface area contributed by atoms with Crippen molar-refractivity contribution in [2.24, 2.45) is 0 Å². The summed E-state index contributed by atoms with van der Waals surface area (Å²) in [5.74, 6) is 0.144. The van der Waals surface area contributed by atoms with E-state index in [0.717, 1.165) is 57.7 Å². The van der Waals surface area contributed by atoms with E-state index in [1.165, 1.54) is 6.07 Å². The molecule has 6 heteroatoms. The Kier molecular flexibility index (Phi) is 5.46. The first-order valence-electron chi connectivity index (χ1n) is 8.37. The molecule has 2 amide bonds. The number of hydrogen-bond donors (Lipinski definition) is 2. The molecule has 0 atom stereocenters. The van der Waals surface area contributed by atoms with E-state index in [1.807, 2.05) is 0 Å². The molecular weight excluding hydrogens is 297 g/mol. The summed E-state index contributed by atoms with van der Waals surface area (Å²) in [6, 6.07) is 4.65. The summed E-state index contributed by atoms with van der Waals surface area (Å²) in [5.41, 5.74) is 1.26. The highest BCUT2D eigenvalue weighted by atomic mass is 19.1. The van der Waals surface area contributed by atoms with Gasteiger partial charge in [0.05, 0.1) is 6.61 Å². The summed E-state index contributed by atoms with van der Waals surface area (Å²) < 4.78 is 19.3. The zero-order chi connectivity index (χ0) is 16.1. The van der Waals surface area contributed by atoms with Crippen LogP contribution in [-0.4, -0.2) is 50.3 Å². The number of urea groups is 1. The van der Waals surface area contributed by atoms with E-state index in [1.54, 1.807) is 12.1 Å². The second-order valence-corrected chi connectivity index (χ2v) is 6.20. The van der Waals surface area contributed by atoms with Gasteiger partial charge in [-0.05, 0) is 42.9 Å². The van der Waals surface area contributed by atoms with Gasteiger partial charge in [-0.15, -0.1) is 0 Å². The monoisotopic (exact) mass is 321 g/mol. The van der Waals surface area contributed by atoms with Crippen LogP contribution in [0.2, 0.25) is 0 Å². The number of ether oxygens (including phenoxy) is 1. The molecule has 1 aliphatic carbocycles. The summed E-state index contributed by atoms with van der Waals surface area (Å²) in [7, 11) is 0. The van der Waals surface area contributed by atoms with Crippen LogP contribution in [0.15, 0.2) is 18.2 Å². The number of rotatable bonds is 5. The molecule has 23 heavy (non-hydrogen) atoms. The van der Waals surface area contributed by atoms with Gasteiger partial charge in [0.2, 0.25) is 0 Å². The Hall–Kier alpha value is -1.66. The number of benzene rings is 1. The molecular formula is C17H24FN3O2. The number of amides is 2. The van der Waals surface area contributed by atoms with Gasteiger partial charge in [-0.1, -0.05) is 6.07 Å². The number of carbonyl (C=O) groups is 1. The van der Waals surface area contributed by atoms with Crippen molar-refractivity contribution in [1.29, 1.82) is 0 Å². The summed E-state index contributed by atoms with van der Waals surface area (Å²) in [6.07, 6.45) is 3.15. The average molecular weight is 321 g/mol. The highest BCUT2D eigenvalue weighted by Gasteiger charge is 2.26. The SMILES string of the molecule is O=C(NCCN1CCCOCC1)Nc1ccc(C2CC2)c(F)c1. The predicted molar refractivity (Wildman–Crippen MR) is 87.3 cm³/mol. The molecule has 126 valence electrons. The largest absolute Gasteiger partial charge is 0.380 e. The number of halogens is 1. The summed E-state index contributed by atoms with van der Waals surface area (Å²) in [6.45, 7) is 4.82. The van der Waals surface area contributed by atoms with E-state index in [9.17, 15) is 9.18 Å². The van der Waals surface area contributed by atoms with Crippen molar-refractivity contribution in [3.05, 3.63) is 29.6 Å². The van der Waals surface area contributed by atoms with Crippen LogP contribution in [0.1, 0.15) is 30.7 Å². The van der Waals surface area contributed by atoms with Gasteiger partial charge in [0.1, 0.15) is 5.82 Å². The third kappa shape index (κ3) is 4.91. The molecule has 1 aliphatic heterocycles. The number of carbonyl (C=O) groups excluding carboxylic acids is 1. The molecule has 1 saturated heterocycles. The second-order valence-electron chi connectivity index (χ2n) is 6.20. The van der Waals surface area contributed by atoms with E-state index >= 15 is 0 Å². The first kappa shape index (κ1) is 16.2. The predicted octanol–water partition coefficient (Wildman–Crippen LogP) is 2.55. The Balaban J connectivity index is 1.41. The topological polar surface area (TPSA) is 53.6 Å². The quantitative estimate of drug-likeness (QED) is 0.876. The number of hydrogen-bond acceptors (Lipinski definition) is 3. The lowest BCUT2D eigenvalue weighted by Gasteiger charge is -2.19. The van der Waals surface area contributed by atoms with E-state index in [0.29, 0.717) is 18.2 Å². The van der Waals surface area contributed by atoms with Crippen molar-refractivity contribution in [1.82, 2.24) is 10.2 Å². The maximum absolute atomic E-state index is 13.9. The molecule has 1 aromatic rings. The van der Waals surface area contributed by atoms with Crippen LogP contribution < -0.4 is 10.6 Å². The Morgan fingerprint density at radius 1 is 1.30 bits per heavy atom. The van der Waals surface area contributed by atoms with Crippen LogP contribution in [-0.2, 0) is 4.74 Å². The Labute approximate surface area is 136 Å². The first-order valence-corrected chi connectivity index (χ1v) is 8.37. The minimum absolute atomic E-state index is 0.227. The van der Waals surface area contributed by atoms with Crippen molar-refractivity contribution in [2.75, 3.05) is 44.7 Å². The Morgan fingerprint density at radius 2 is 2.17 bits per heavy atom. The number of nitrogens with one attached hydrogen (secondary N) is 2. The summed E-state index contributed by atoms with van der Waals surface area (Å²) in [4.78, 5) is 14.2. The molecule has 0 aromatic heterocycles. The fourth-order valence-electron chi connectivity index (χ4n) is 2.85. The van der Waals surface area contributed by atoms with Gasteiger partial charge >= 0.3 is 6.03 Å². The Morgan fingerprint density at radius 3 is 2.96 bits per heavy atom. The molecule has 0 spiro atoms. The minimum atomic E-state index is -0.297. The van der Waals surface area contributed by atoms with Crippen LogP contribution in [0, 0.1) is 5.82 Å². The van der Waals surface area contributed by atoms with Gasteiger partial charge in [0, 0.05) is 38.5 Å². The third-order valence-electron chi connectivity index (χ3n) is 4.30. The maximum Gasteiger partial charge on any atom is 0.319 e. The van der Waals surface area contributed by atoms with Gasteiger partial charge < -0.3 is 15.4 Å². The van der Waals surface area contributed by atoms with Crippen LogP contribution in [0.5, 0.6) is 0 Å². The molecule has 0 bridgehead atoms. The highest BCUT2D eigenvalue weighted by Crippen LogP contribution is 2.41. The molecule has 0 radical (unpaired) electrons. The molecule has 1 aromatic carbocycles. The van der Waals surface area contributed by atoms with Crippen LogP contribution in [0.25, 0.3) is 0 Å². The molecule has 3 rings (SSSR count). The van der Waals surface area contributed by atoms with Crippen LogP contribution in [0.3, 0.4) is 0 Å². The van der Waals surface area contributed by atoms with Crippen LogP contribution in [0.4, 0.5) is 14.9 Å². The molecule has 0 unspecified atom stereocenters. The third-order valence-corrected chi connectivity index (χ3v) is 4.30. The zero-order valence-electron chi connectivity index (χ0n) is 13.3. The van der Waals surface area contributed by atoms with Crippen molar-refractivity contribution in [2.45, 2.75) is 25.2 Å². The molecule has 5 nitrogen and oxygen atoms in total. The van der Waals surface area contributed by atoms with Gasteiger partial charge in [-0.2, -0.15) is 0 Å². The summed E-state index contributed by atoms with van der Waals surface area (Å²) in [5, 5.41) is 5.50. The van der Waals surface area contributed by atoms with E-state index < -0.39 is 0 Å². The summed E-state index contributed by atoms with van der Waals surface area (Å²) >= 11 is 0. The normalized spacial score (nSPS) is 19.2. The van der Waals surface area contributed by atoms with Gasteiger partial charge in [-0.3, -0.25) is 4.90 Å². The van der Waals surface area contributed by atoms with Gasteiger partial charge in [0.15, 0.2) is 0 Å². The lowest BCUT2D eigenvalue weighted by atomic mass is 10.1. The van der Waals surface area contributed by atoms with Crippen LogP contribution >= 0.6 is 0 Å². The number of nitrogens with zero attached hydrogens (tertiary/aromatic N) is 1. The molecule has 1 heterocycles. The lowest BCUT2D eigenvalue weighted by molar-refractivity contribution is 0.141. The van der Waals surface area contributed by atoms with E-state index in [4.69, 9.17) is 4.74 Å². The molecule has 2 aliphatic rings. The van der Waals surface area contributed by atoms with E-state index in [2.05, 4.69) is 15.5 Å². The van der Waals surface area contributed by atoms with E-state index in [-0.39, 0.29) is 11.8 Å². The Bertz CT molecular complexity index is 541. The maximum atomic E-state index is 13.9. The molecule has 1 saturated carbocycles. The van der Waals surface area contributed by atoms with Gasteiger partial charge in [-0.25, -0.2) is 9.18 Å². The van der Waals surface area contributed by atoms with Crippen molar-refractivity contribution < 1.29 is 13.9 Å². The standard InChI is InChI=1S/C17H24FN3O2/c18-16-12-14(4-5-15(16)13-2-3-13)20-17(22)19-6-8-21-7-1-10-23-11-9-21/h4-5,12-13H,1-3,6-11H2,(H2,19,20,22). The second kappa shape index (κ2) is 7.75. The van der Waals surface area contributed by atoms with Crippen molar-refractivity contribution in [3.8, 4) is 0 Å². The molecule has 2 N–H and O–H groups in total. The van der Waals surface area contributed by atoms with Crippen molar-refractivity contribution in [3.63, 3.8) is 0 Å². The fourth-order valence-corrected chi connectivity index (χ4v) is 2.85. The average Bonchev–Trinajstić information content (AvgIpc) is 3.34. The molecule has 2 fully saturated rings. The number of anilines is 1. The first-order chi connectivity index (χ1) is 11.2. The zero-order valence-corrected chi connectivity index (χ0v) is 13.3. The lowest BCUT2D eigenvalue weighted by Crippen LogP contribution is -2.38. The minimum Gasteiger partial charge on any atom is -0.380 e. The smallest absolute Gasteiger partial charge is 0.319 e. The van der Waals surface area contributed by atoms with Crippen molar-refractivity contribution >= 4 is 11.7 Å². The highest BCUT2D eigenvalue weighted by molar-refractivity contribution is 5.89. The fraction of sp³-hybridized carbons (Fsp3) is 0.588.